The number of hydrogen-bond donors (Lipinski definition) is 0. The number of unbranched alkanes of at least 4 members (excludes halogenated alkanes) is 24. The summed E-state index contributed by atoms with van der Waals surface area (Å²) < 4.78 is 42.9. The van der Waals surface area contributed by atoms with Gasteiger partial charge in [0.1, 0.15) is 0 Å². The van der Waals surface area contributed by atoms with E-state index >= 15 is 0 Å². The van der Waals surface area contributed by atoms with Crippen molar-refractivity contribution >= 4 is 10.1 Å². The summed E-state index contributed by atoms with van der Waals surface area (Å²) in [7, 11) is -4.05. The van der Waals surface area contributed by atoms with E-state index < -0.39 is 15.6 Å². The van der Waals surface area contributed by atoms with Crippen LogP contribution in [0.4, 0.5) is 4.39 Å². The molecule has 0 fully saturated rings. The number of hydrogen-bond acceptors (Lipinski definition) is 3. The van der Waals surface area contributed by atoms with Gasteiger partial charge >= 0.3 is 0 Å². The lowest BCUT2D eigenvalue weighted by molar-refractivity contribution is 0.270. The first-order valence-electron chi connectivity index (χ1n) is 16.1. The zero-order valence-corrected chi connectivity index (χ0v) is 25.2. The Balaban J connectivity index is 3.38. The molecule has 0 saturated heterocycles. The lowest BCUT2D eigenvalue weighted by Crippen LogP contribution is -2.19. The van der Waals surface area contributed by atoms with E-state index in [-0.39, 0.29) is 13.0 Å². The Bertz CT molecular complexity index is 524. The number of alkyl halides is 1. The van der Waals surface area contributed by atoms with E-state index in [1.807, 2.05) is 0 Å². The molecule has 0 amide bonds. The molecule has 0 N–H and O–H groups in total. The van der Waals surface area contributed by atoms with E-state index in [2.05, 4.69) is 13.8 Å². The van der Waals surface area contributed by atoms with Gasteiger partial charge in [-0.3, -0.25) is 4.18 Å². The average Bonchev–Trinajstić information content (AvgIpc) is 2.86. The summed E-state index contributed by atoms with van der Waals surface area (Å²) in [6, 6.07) is 0. The van der Waals surface area contributed by atoms with Crippen molar-refractivity contribution in [2.24, 2.45) is 0 Å². The molecule has 3 nitrogen and oxygen atoms in total. The Morgan fingerprint density at radius 3 is 1.08 bits per heavy atom. The minimum Gasteiger partial charge on any atom is -0.268 e. The third kappa shape index (κ3) is 25.5. The van der Waals surface area contributed by atoms with Crippen molar-refractivity contribution in [2.45, 2.75) is 193 Å². The molecule has 0 bridgehead atoms. The third-order valence-electron chi connectivity index (χ3n) is 7.34. The van der Waals surface area contributed by atoms with Crippen LogP contribution in [0.3, 0.4) is 0 Å². The summed E-state index contributed by atoms with van der Waals surface area (Å²) in [6.07, 6.45) is 32.1. The number of halogens is 1. The molecule has 0 aliphatic rings. The minimum atomic E-state index is -4.05. The smallest absolute Gasteiger partial charge is 0.268 e. The molecule has 0 aromatic carbocycles. The maximum atomic E-state index is 14.1. The van der Waals surface area contributed by atoms with Gasteiger partial charge in [-0.05, 0) is 19.3 Å². The van der Waals surface area contributed by atoms with Gasteiger partial charge < -0.3 is 0 Å². The lowest BCUT2D eigenvalue weighted by atomic mass is 10.0. The fourth-order valence-corrected chi connectivity index (χ4v) is 5.79. The molecule has 1 unspecified atom stereocenters. The fourth-order valence-electron chi connectivity index (χ4n) is 4.84. The highest BCUT2D eigenvalue weighted by molar-refractivity contribution is 7.87. The van der Waals surface area contributed by atoms with Gasteiger partial charge in [-0.15, -0.1) is 0 Å². The second-order valence-corrected chi connectivity index (χ2v) is 12.7. The fraction of sp³-hybridized carbons (Fsp3) is 1.00. The topological polar surface area (TPSA) is 43.4 Å². The molecule has 0 aromatic heterocycles. The molecular formula is C31H63FO3S. The highest BCUT2D eigenvalue weighted by Crippen LogP contribution is 2.18. The van der Waals surface area contributed by atoms with Crippen molar-refractivity contribution in [3.8, 4) is 0 Å². The van der Waals surface area contributed by atoms with Crippen LogP contribution < -0.4 is 0 Å². The molecule has 0 aliphatic carbocycles. The predicted molar refractivity (Wildman–Crippen MR) is 156 cm³/mol. The van der Waals surface area contributed by atoms with Gasteiger partial charge in [-0.25, -0.2) is 4.39 Å². The Labute approximate surface area is 226 Å². The number of rotatable bonds is 30. The highest BCUT2D eigenvalue weighted by Gasteiger charge is 2.25. The first-order valence-corrected chi connectivity index (χ1v) is 17.5. The maximum Gasteiger partial charge on any atom is 0.299 e. The summed E-state index contributed by atoms with van der Waals surface area (Å²) in [4.78, 5) is 0. The van der Waals surface area contributed by atoms with Crippen LogP contribution in [-0.2, 0) is 14.3 Å². The summed E-state index contributed by atoms with van der Waals surface area (Å²) in [5.41, 5.74) is -1.87. The van der Waals surface area contributed by atoms with Crippen molar-refractivity contribution in [1.29, 1.82) is 0 Å². The van der Waals surface area contributed by atoms with Crippen molar-refractivity contribution in [3.63, 3.8) is 0 Å². The van der Waals surface area contributed by atoms with Gasteiger partial charge in [-0.2, -0.15) is 8.42 Å². The second-order valence-electron chi connectivity index (χ2n) is 11.0. The zero-order chi connectivity index (χ0) is 26.6. The van der Waals surface area contributed by atoms with Crippen LogP contribution in [0.25, 0.3) is 0 Å². The molecule has 0 rings (SSSR count). The molecule has 0 aromatic rings. The molecule has 0 heterocycles. The van der Waals surface area contributed by atoms with Crippen LogP contribution in [-0.4, -0.2) is 20.5 Å². The minimum absolute atomic E-state index is 0.0659. The molecule has 0 aliphatic heterocycles. The van der Waals surface area contributed by atoms with Gasteiger partial charge in [0.05, 0.1) is 6.61 Å². The van der Waals surface area contributed by atoms with Gasteiger partial charge in [0.15, 0.2) is 0 Å². The zero-order valence-electron chi connectivity index (χ0n) is 24.4. The standard InChI is InChI=1S/C31H63FO3S/c1-3-5-7-9-11-13-14-15-16-17-18-19-20-21-22-24-26-28-30-35-36(33,34)31(32)29-27-25-23-12-10-8-6-4-2/h31H,3-30H2,1-2H3. The van der Waals surface area contributed by atoms with Crippen molar-refractivity contribution in [2.75, 3.05) is 6.61 Å². The van der Waals surface area contributed by atoms with Crippen LogP contribution in [0.5, 0.6) is 0 Å². The van der Waals surface area contributed by atoms with Gasteiger partial charge in [0.25, 0.3) is 10.1 Å². The van der Waals surface area contributed by atoms with Crippen molar-refractivity contribution < 1.29 is 17.0 Å². The normalized spacial score (nSPS) is 12.9. The Morgan fingerprint density at radius 2 is 0.750 bits per heavy atom. The van der Waals surface area contributed by atoms with Gasteiger partial charge in [0, 0.05) is 0 Å². The van der Waals surface area contributed by atoms with Crippen LogP contribution in [0.1, 0.15) is 187 Å². The Hall–Kier alpha value is -0.160. The molecule has 0 radical (unpaired) electrons. The van der Waals surface area contributed by atoms with E-state index in [9.17, 15) is 12.8 Å². The molecule has 5 heteroatoms. The first kappa shape index (κ1) is 35.8. The summed E-state index contributed by atoms with van der Waals surface area (Å²) in [5.74, 6) is 0. The molecule has 1 atom stereocenters. The van der Waals surface area contributed by atoms with Crippen molar-refractivity contribution in [1.82, 2.24) is 0 Å². The van der Waals surface area contributed by atoms with Crippen LogP contribution >= 0.6 is 0 Å². The van der Waals surface area contributed by atoms with E-state index in [1.165, 1.54) is 128 Å². The molecule has 0 spiro atoms. The van der Waals surface area contributed by atoms with Crippen LogP contribution in [0.15, 0.2) is 0 Å². The van der Waals surface area contributed by atoms with Gasteiger partial charge in [0.2, 0.25) is 5.50 Å². The van der Waals surface area contributed by atoms with Crippen LogP contribution in [0, 0.1) is 0 Å². The van der Waals surface area contributed by atoms with E-state index in [0.29, 0.717) is 12.8 Å². The molecular weight excluding hydrogens is 471 g/mol. The highest BCUT2D eigenvalue weighted by atomic mass is 32.2. The third-order valence-corrected chi connectivity index (χ3v) is 8.70. The second kappa shape index (κ2) is 27.9. The van der Waals surface area contributed by atoms with E-state index in [1.54, 1.807) is 0 Å². The molecule has 0 saturated carbocycles. The molecule has 218 valence electrons. The summed E-state index contributed by atoms with van der Waals surface area (Å²) in [6.45, 7) is 4.60. The summed E-state index contributed by atoms with van der Waals surface area (Å²) >= 11 is 0. The van der Waals surface area contributed by atoms with Crippen LogP contribution in [0.2, 0.25) is 0 Å². The van der Waals surface area contributed by atoms with E-state index in [4.69, 9.17) is 4.18 Å². The van der Waals surface area contributed by atoms with Crippen molar-refractivity contribution in [3.05, 3.63) is 0 Å². The maximum absolute atomic E-state index is 14.1. The summed E-state index contributed by atoms with van der Waals surface area (Å²) in [5, 5.41) is 0. The SMILES string of the molecule is CCCCCCCCCCCCCCCCCCCCOS(=O)(=O)C(F)CCCCCCCCCC. The van der Waals surface area contributed by atoms with E-state index in [0.717, 1.165) is 25.7 Å². The average molecular weight is 535 g/mol. The largest absolute Gasteiger partial charge is 0.299 e. The molecule has 36 heavy (non-hydrogen) atoms. The van der Waals surface area contributed by atoms with Gasteiger partial charge in [-0.1, -0.05) is 168 Å². The predicted octanol–water partition coefficient (Wildman–Crippen LogP) is 11.2. The monoisotopic (exact) mass is 534 g/mol. The Kier molecular flexibility index (Phi) is 27.7. The quantitative estimate of drug-likeness (QED) is 0.0679. The first-order chi connectivity index (χ1) is 17.5. The Morgan fingerprint density at radius 1 is 0.472 bits per heavy atom. The lowest BCUT2D eigenvalue weighted by Gasteiger charge is -2.10.